The van der Waals surface area contributed by atoms with E-state index in [1.807, 2.05) is 0 Å². The predicted molar refractivity (Wildman–Crippen MR) is 154 cm³/mol. The van der Waals surface area contributed by atoms with Gasteiger partial charge in [0.25, 0.3) is 0 Å². The standard InChI is InChI=1S/C24H26N5O14P3/c25-21-18-22(27-13-26-21)29(14-28-18)23(11-15-7-3-1-4-8-15)24(32,19(30)16-9-5-2-6-10-16)20(31)17(41-23)12-40-45(36,37)43-46(38,39)42-44(33,34)35/h1-10,13-14,17,20,31-32H,11-12H2,(H,36,37)(H,38,39)(H2,25,26,27)(H2,33,34,35)/t17-,20-,23-,24-/m1/s1. The maximum Gasteiger partial charge on any atom is 0.490 e. The number of aromatic nitrogens is 4. The van der Waals surface area contributed by atoms with Crippen molar-refractivity contribution in [3.05, 3.63) is 84.4 Å². The minimum Gasteiger partial charge on any atom is -0.387 e. The Bertz CT molecular complexity index is 1890. The van der Waals surface area contributed by atoms with Gasteiger partial charge in [0, 0.05) is 12.0 Å². The highest BCUT2D eigenvalue weighted by Gasteiger charge is 2.70. The van der Waals surface area contributed by atoms with Crippen LogP contribution in [0, 0.1) is 0 Å². The fraction of sp³-hybridized carbons (Fsp3) is 0.250. The number of nitrogens with zero attached hydrogens (tertiary/aromatic N) is 4. The molecule has 4 aromatic rings. The molecule has 1 saturated heterocycles. The summed E-state index contributed by atoms with van der Waals surface area (Å²) >= 11 is 0. The summed E-state index contributed by atoms with van der Waals surface area (Å²) in [6, 6.07) is 15.6. The fourth-order valence-electron chi connectivity index (χ4n) is 5.11. The van der Waals surface area contributed by atoms with Gasteiger partial charge in [0.15, 0.2) is 17.2 Å². The Kier molecular flexibility index (Phi) is 9.20. The predicted octanol–water partition coefficient (Wildman–Crippen LogP) is 1.02. The van der Waals surface area contributed by atoms with E-state index in [9.17, 15) is 38.5 Å². The van der Waals surface area contributed by atoms with Crippen LogP contribution in [0.2, 0.25) is 0 Å². The second-order valence-electron chi connectivity index (χ2n) is 9.94. The van der Waals surface area contributed by atoms with E-state index in [-0.39, 0.29) is 29.0 Å². The van der Waals surface area contributed by atoms with Crippen LogP contribution in [0.4, 0.5) is 5.82 Å². The van der Waals surface area contributed by atoms with E-state index in [0.29, 0.717) is 5.56 Å². The van der Waals surface area contributed by atoms with Crippen LogP contribution < -0.4 is 5.73 Å². The van der Waals surface area contributed by atoms with Crippen LogP contribution in [0.25, 0.3) is 11.2 Å². The van der Waals surface area contributed by atoms with Gasteiger partial charge >= 0.3 is 23.5 Å². The zero-order valence-electron chi connectivity index (χ0n) is 23.2. The van der Waals surface area contributed by atoms with Gasteiger partial charge < -0.3 is 40.3 Å². The van der Waals surface area contributed by atoms with E-state index in [0.717, 1.165) is 17.2 Å². The number of nitrogen functional groups attached to an aromatic ring is 1. The molecule has 1 aliphatic rings. The lowest BCUT2D eigenvalue weighted by atomic mass is 9.76. The number of phosphoric ester groups is 1. The van der Waals surface area contributed by atoms with Crippen LogP contribution in [-0.2, 0) is 43.7 Å². The average molecular weight is 701 g/mol. The number of imidazole rings is 1. The number of phosphoric acid groups is 3. The van der Waals surface area contributed by atoms with E-state index >= 15 is 0 Å². The highest BCUT2D eigenvalue weighted by atomic mass is 31.3. The number of rotatable bonds is 12. The molecule has 0 aliphatic carbocycles. The van der Waals surface area contributed by atoms with Crippen molar-refractivity contribution >= 4 is 46.2 Å². The molecule has 1 fully saturated rings. The lowest BCUT2D eigenvalue weighted by Gasteiger charge is -2.41. The largest absolute Gasteiger partial charge is 0.490 e. The molecule has 2 aromatic carbocycles. The molecule has 5 rings (SSSR count). The second-order valence-corrected chi connectivity index (χ2v) is 14.4. The number of carbonyl (C=O) groups is 1. The summed E-state index contributed by atoms with van der Waals surface area (Å²) in [5, 5.41) is 24.2. The Balaban J connectivity index is 1.63. The highest BCUT2D eigenvalue weighted by Crippen LogP contribution is 2.66. The number of ketones is 1. The summed E-state index contributed by atoms with van der Waals surface area (Å²) in [7, 11) is -17.3. The summed E-state index contributed by atoms with van der Waals surface area (Å²) < 4.78 is 54.9. The second kappa shape index (κ2) is 12.4. The molecule has 1 aliphatic heterocycles. The third kappa shape index (κ3) is 6.60. The summed E-state index contributed by atoms with van der Waals surface area (Å²) in [6.07, 6.45) is -2.27. The minimum absolute atomic E-state index is 0.0385. The number of aliphatic hydroxyl groups is 2. The molecule has 6 atom stereocenters. The smallest absolute Gasteiger partial charge is 0.387 e. The van der Waals surface area contributed by atoms with Crippen molar-refractivity contribution < 1.29 is 66.2 Å². The van der Waals surface area contributed by atoms with E-state index in [1.165, 1.54) is 24.3 Å². The number of fused-ring (bicyclic) bond motifs is 1. The Morgan fingerprint density at radius 2 is 1.57 bits per heavy atom. The van der Waals surface area contributed by atoms with Crippen molar-refractivity contribution in [1.82, 2.24) is 19.5 Å². The van der Waals surface area contributed by atoms with Gasteiger partial charge in [0.05, 0.1) is 12.9 Å². The topological polar surface area (TPSA) is 296 Å². The van der Waals surface area contributed by atoms with Crippen molar-refractivity contribution in [2.45, 2.75) is 30.0 Å². The Morgan fingerprint density at radius 3 is 2.20 bits per heavy atom. The normalized spacial score (nSPS) is 26.0. The van der Waals surface area contributed by atoms with Gasteiger partial charge in [0.1, 0.15) is 24.1 Å². The van der Waals surface area contributed by atoms with E-state index in [1.54, 1.807) is 36.4 Å². The highest BCUT2D eigenvalue weighted by molar-refractivity contribution is 7.66. The SMILES string of the molecule is Nc1ncnc2c1ncn2[C@]1(Cc2ccccc2)O[C@H](COP(=O)(O)OP(=O)(O)OP(=O)(O)O)[C@@H](O)[C@]1(O)C(=O)c1ccccc1. The van der Waals surface area contributed by atoms with Gasteiger partial charge in [-0.05, 0) is 5.56 Å². The average Bonchev–Trinajstić information content (AvgIpc) is 3.50. The first-order valence-corrected chi connectivity index (χ1v) is 17.4. The molecule has 3 heterocycles. The number of hydrogen-bond donors (Lipinski definition) is 7. The van der Waals surface area contributed by atoms with Gasteiger partial charge in [-0.25, -0.2) is 28.6 Å². The van der Waals surface area contributed by atoms with Gasteiger partial charge in [-0.15, -0.1) is 0 Å². The maximum atomic E-state index is 14.2. The van der Waals surface area contributed by atoms with E-state index in [4.69, 9.17) is 24.8 Å². The molecule has 0 radical (unpaired) electrons. The summed E-state index contributed by atoms with van der Waals surface area (Å²) in [4.78, 5) is 63.7. The molecular formula is C24H26N5O14P3. The zero-order chi connectivity index (χ0) is 33.5. The number of ether oxygens (including phenoxy) is 1. The van der Waals surface area contributed by atoms with Crippen molar-refractivity contribution in [1.29, 1.82) is 0 Å². The van der Waals surface area contributed by atoms with E-state index in [2.05, 4.69) is 23.6 Å². The Hall–Kier alpha value is -3.25. The molecule has 8 N–H and O–H groups in total. The number of Topliss-reactive ketones (excluding diaryl/α,β-unsaturated/α-hetero) is 1. The molecule has 0 amide bonds. The molecule has 2 unspecified atom stereocenters. The Morgan fingerprint density at radius 1 is 0.935 bits per heavy atom. The van der Waals surface area contributed by atoms with Crippen LogP contribution in [0.1, 0.15) is 15.9 Å². The summed E-state index contributed by atoms with van der Waals surface area (Å²) in [6.45, 7) is -1.20. The quantitative estimate of drug-likeness (QED) is 0.0801. The lowest BCUT2D eigenvalue weighted by Crippen LogP contribution is -2.63. The van der Waals surface area contributed by atoms with Gasteiger partial charge in [0.2, 0.25) is 11.4 Å². The molecule has 2 aromatic heterocycles. The fourth-order valence-corrected chi connectivity index (χ4v) is 8.14. The van der Waals surface area contributed by atoms with Crippen molar-refractivity contribution in [2.75, 3.05) is 12.3 Å². The van der Waals surface area contributed by atoms with Crippen LogP contribution in [-0.4, -0.2) is 79.5 Å². The van der Waals surface area contributed by atoms with Crippen LogP contribution >= 0.6 is 23.5 Å². The summed E-state index contributed by atoms with van der Waals surface area (Å²) in [5.41, 5.74) is 1.08. The van der Waals surface area contributed by atoms with Gasteiger partial charge in [-0.1, -0.05) is 60.7 Å². The lowest BCUT2D eigenvalue weighted by molar-refractivity contribution is -0.172. The summed E-state index contributed by atoms with van der Waals surface area (Å²) in [5.74, 6) is -1.12. The van der Waals surface area contributed by atoms with Crippen molar-refractivity contribution in [2.24, 2.45) is 0 Å². The molecule has 19 nitrogen and oxygen atoms in total. The van der Waals surface area contributed by atoms with Crippen LogP contribution in [0.5, 0.6) is 0 Å². The molecule has 0 spiro atoms. The number of carbonyl (C=O) groups excluding carboxylic acids is 1. The minimum atomic E-state index is -5.88. The number of nitrogens with two attached hydrogens (primary N) is 1. The van der Waals surface area contributed by atoms with Crippen molar-refractivity contribution in [3.8, 4) is 0 Å². The monoisotopic (exact) mass is 701 g/mol. The number of benzene rings is 2. The first-order chi connectivity index (χ1) is 21.5. The maximum absolute atomic E-state index is 14.2. The molecule has 0 saturated carbocycles. The number of aliphatic hydroxyl groups excluding tert-OH is 1. The van der Waals surface area contributed by atoms with Crippen molar-refractivity contribution in [3.63, 3.8) is 0 Å². The van der Waals surface area contributed by atoms with Crippen LogP contribution in [0.15, 0.2) is 73.3 Å². The third-order valence-corrected chi connectivity index (χ3v) is 10.8. The molecular weight excluding hydrogens is 675 g/mol. The van der Waals surface area contributed by atoms with Gasteiger partial charge in [-0.3, -0.25) is 13.9 Å². The molecule has 246 valence electrons. The molecule has 22 heteroatoms. The zero-order valence-corrected chi connectivity index (χ0v) is 25.8. The number of anilines is 1. The first kappa shape index (κ1) is 34.1. The first-order valence-electron chi connectivity index (χ1n) is 12.9. The van der Waals surface area contributed by atoms with Gasteiger partial charge in [-0.2, -0.15) is 8.62 Å². The van der Waals surface area contributed by atoms with Crippen LogP contribution in [0.3, 0.4) is 0 Å². The third-order valence-electron chi connectivity index (χ3n) is 6.96. The number of hydrogen-bond acceptors (Lipinski definition) is 14. The molecule has 0 bridgehead atoms. The van der Waals surface area contributed by atoms with E-state index < -0.39 is 59.4 Å². The molecule has 46 heavy (non-hydrogen) atoms. The Labute approximate surface area is 258 Å².